The number of aliphatic hydroxyl groups excluding tert-OH is 1. The van der Waals surface area contributed by atoms with Gasteiger partial charge in [0.25, 0.3) is 0 Å². The molecule has 0 bridgehead atoms. The van der Waals surface area contributed by atoms with Gasteiger partial charge in [0, 0.05) is 127 Å². The van der Waals surface area contributed by atoms with Crippen LogP contribution in [0.15, 0.2) is 96.8 Å². The number of thiazole rings is 1. The lowest BCUT2D eigenvalue weighted by Gasteiger charge is -2.35. The lowest BCUT2D eigenvalue weighted by atomic mass is 9.85. The first-order chi connectivity index (χ1) is 40.1. The number of unbranched alkanes of at least 4 members (excludes halogenated alkanes) is 3. The zero-order valence-electron chi connectivity index (χ0n) is 50.7. The number of nitrogens with zero attached hydrogens (tertiary/aromatic N) is 9. The molecule has 3 atom stereocenters. The lowest BCUT2D eigenvalue weighted by Crippen LogP contribution is -2.57. The minimum absolute atomic E-state index is 0.00209. The van der Waals surface area contributed by atoms with Crippen molar-refractivity contribution in [1.29, 1.82) is 0 Å². The van der Waals surface area contributed by atoms with Crippen molar-refractivity contribution in [2.45, 2.75) is 97.4 Å². The van der Waals surface area contributed by atoms with Gasteiger partial charge in [-0.05, 0) is 75.6 Å². The number of aliphatic hydroxyl groups is 1. The molecule has 0 saturated carbocycles. The smallest absolute Gasteiger partial charge is 0.248 e. The third-order valence-electron chi connectivity index (χ3n) is 15.1. The van der Waals surface area contributed by atoms with Gasteiger partial charge >= 0.3 is 0 Å². The number of benzene rings is 3. The first-order valence-corrected chi connectivity index (χ1v) is 29.7. The molecule has 84 heavy (non-hydrogen) atoms. The summed E-state index contributed by atoms with van der Waals surface area (Å²) in [5, 5.41) is 24.1. The number of para-hydroxylation sites is 1. The van der Waals surface area contributed by atoms with Gasteiger partial charge in [0.1, 0.15) is 17.8 Å². The van der Waals surface area contributed by atoms with E-state index in [1.54, 1.807) is 42.7 Å². The first kappa shape index (κ1) is 63.9. The maximum Gasteiger partial charge on any atom is 0.248 e. The van der Waals surface area contributed by atoms with E-state index in [1.807, 2.05) is 128 Å². The van der Waals surface area contributed by atoms with Crippen LogP contribution in [-0.4, -0.2) is 174 Å². The lowest BCUT2D eigenvalue weighted by molar-refractivity contribution is -0.144. The number of carbonyl (C=O) groups excluding carboxylic acids is 5. The van der Waals surface area contributed by atoms with Gasteiger partial charge in [0.15, 0.2) is 0 Å². The molecule has 450 valence electrons. The zero-order valence-corrected chi connectivity index (χ0v) is 51.5. The van der Waals surface area contributed by atoms with Crippen LogP contribution in [0.4, 0.5) is 23.0 Å². The second kappa shape index (κ2) is 29.7. The quantitative estimate of drug-likeness (QED) is 0.0233. The molecule has 5 N–H and O–H groups in total. The molecule has 1 fully saturated rings. The summed E-state index contributed by atoms with van der Waals surface area (Å²) in [6, 6.07) is 19.9. The summed E-state index contributed by atoms with van der Waals surface area (Å²) in [5.41, 5.74) is 8.83. The van der Waals surface area contributed by atoms with Crippen molar-refractivity contribution in [3.05, 3.63) is 108 Å². The fourth-order valence-corrected chi connectivity index (χ4v) is 10.9. The van der Waals surface area contributed by atoms with Crippen molar-refractivity contribution in [2.75, 3.05) is 97.2 Å². The molecule has 1 saturated heterocycles. The molecule has 3 aromatic heterocycles. The third kappa shape index (κ3) is 17.4. The topological polar surface area (TPSA) is 223 Å². The first-order valence-electron chi connectivity index (χ1n) is 28.8. The van der Waals surface area contributed by atoms with Crippen molar-refractivity contribution >= 4 is 74.8 Å². The van der Waals surface area contributed by atoms with E-state index in [0.717, 1.165) is 68.9 Å². The minimum Gasteiger partial charge on any atom is -0.494 e. The summed E-state index contributed by atoms with van der Waals surface area (Å²) in [7, 11) is 13.3. The molecule has 21 heteroatoms. The molecule has 3 aromatic carbocycles. The Morgan fingerprint density at radius 3 is 2.33 bits per heavy atom. The van der Waals surface area contributed by atoms with E-state index in [9.17, 15) is 29.1 Å². The number of likely N-dealkylation sites (N-methyl/N-ethyl adjacent to an activating group) is 4. The number of aryl methyl sites for hydroxylation is 2. The Morgan fingerprint density at radius 1 is 0.893 bits per heavy atom. The highest BCUT2D eigenvalue weighted by Gasteiger charge is 2.44. The molecule has 0 aliphatic carbocycles. The van der Waals surface area contributed by atoms with E-state index >= 15 is 0 Å². The van der Waals surface area contributed by atoms with E-state index < -0.39 is 29.5 Å². The van der Waals surface area contributed by atoms with Crippen molar-refractivity contribution in [3.63, 3.8) is 0 Å². The number of hydrogen-bond donors (Lipinski definition) is 5. The van der Waals surface area contributed by atoms with E-state index in [-0.39, 0.29) is 49.6 Å². The van der Waals surface area contributed by atoms with Gasteiger partial charge in [-0.2, -0.15) is 0 Å². The number of likely N-dealkylation sites (tertiary alicyclic amines) is 1. The Hall–Kier alpha value is -7.72. The molecular weight excluding hydrogens is 1080 g/mol. The number of hydrogen-bond acceptors (Lipinski definition) is 15. The van der Waals surface area contributed by atoms with E-state index in [2.05, 4.69) is 63.9 Å². The number of rotatable bonds is 28. The monoisotopic (exact) mass is 1170 g/mol. The van der Waals surface area contributed by atoms with Gasteiger partial charge in [-0.3, -0.25) is 24.0 Å². The van der Waals surface area contributed by atoms with Crippen molar-refractivity contribution in [2.24, 2.45) is 12.5 Å². The number of anilines is 4. The average molecular weight is 1170 g/mol. The fraction of sp³-hybridized carbons (Fsp3) is 0.460. The number of amides is 5. The minimum atomic E-state index is -0.910. The maximum absolute atomic E-state index is 14.1. The summed E-state index contributed by atoms with van der Waals surface area (Å²) in [6.07, 6.45) is 9.66. The summed E-state index contributed by atoms with van der Waals surface area (Å²) in [6.45, 7) is 10.9. The Kier molecular flexibility index (Phi) is 22.6. The summed E-state index contributed by atoms with van der Waals surface area (Å²) >= 11 is 1.57. The molecule has 0 radical (unpaired) electrons. The number of carbonyl (C=O) groups is 5. The van der Waals surface area contributed by atoms with Crippen LogP contribution in [0.2, 0.25) is 0 Å². The Labute approximate surface area is 498 Å². The van der Waals surface area contributed by atoms with Gasteiger partial charge in [-0.15, -0.1) is 11.3 Å². The molecule has 0 spiro atoms. The van der Waals surface area contributed by atoms with Gasteiger partial charge < -0.3 is 60.2 Å². The molecular formula is C63H85N13O7S. The van der Waals surface area contributed by atoms with Gasteiger partial charge in [-0.1, -0.05) is 82.2 Å². The number of nitrogens with one attached hydrogen (secondary N) is 4. The second-order valence-electron chi connectivity index (χ2n) is 23.2. The predicted molar refractivity (Wildman–Crippen MR) is 334 cm³/mol. The highest BCUT2D eigenvalue weighted by atomic mass is 32.1. The van der Waals surface area contributed by atoms with E-state index in [0.29, 0.717) is 68.5 Å². The molecule has 6 aromatic rings. The van der Waals surface area contributed by atoms with E-state index in [1.165, 1.54) is 11.0 Å². The van der Waals surface area contributed by atoms with E-state index in [4.69, 9.17) is 9.72 Å². The number of methoxy groups -OCH3 is 1. The highest BCUT2D eigenvalue weighted by molar-refractivity contribution is 7.13. The standard InChI is InChI=1S/C63H85N13O7S/c1-42-58(84-41-66-42)44-26-24-43(25-27-44)38-65-60(81)53-35-45(77)39-76(53)61(82)59(63(2,3)4)70-56(79)21-14-12-13-15-23-57(80)74(9)34-32-72(7)30-18-22-55(78)67-49-36-50(54(83-11)37-52(49)73(8)33-31-71(5)6)69-62-64-29-28-48(68-62)47-40-75(10)51-20-17-16-19-46(47)51/h16-20,22,24-29,36-37,40-41,45,53,59,77H,12-15,21,23,30-35,38-39H2,1-11H3,(H,65,81)(H,67,78)(H,70,79)(H,64,68,69). The van der Waals surface area contributed by atoms with Crippen LogP contribution in [0.25, 0.3) is 32.6 Å². The second-order valence-corrected chi connectivity index (χ2v) is 24.0. The van der Waals surface area contributed by atoms with Crippen LogP contribution in [-0.2, 0) is 37.6 Å². The highest BCUT2D eigenvalue weighted by Crippen LogP contribution is 2.39. The number of ether oxygens (including phenoxy) is 1. The van der Waals surface area contributed by atoms with Crippen LogP contribution in [0, 0.1) is 12.3 Å². The summed E-state index contributed by atoms with van der Waals surface area (Å²) < 4.78 is 7.95. The predicted octanol–water partition coefficient (Wildman–Crippen LogP) is 7.85. The molecule has 1 aliphatic rings. The summed E-state index contributed by atoms with van der Waals surface area (Å²) in [4.78, 5) is 91.8. The van der Waals surface area contributed by atoms with Crippen LogP contribution in [0.1, 0.15) is 77.0 Å². The number of aromatic nitrogens is 4. The Bertz CT molecular complexity index is 3240. The normalized spacial score (nSPS) is 14.8. The van der Waals surface area contributed by atoms with Crippen LogP contribution in [0.3, 0.4) is 0 Å². The molecule has 4 heterocycles. The largest absolute Gasteiger partial charge is 0.494 e. The Balaban J connectivity index is 0.827. The van der Waals surface area contributed by atoms with Crippen LogP contribution >= 0.6 is 11.3 Å². The fourth-order valence-electron chi connectivity index (χ4n) is 10.1. The van der Waals surface area contributed by atoms with Crippen LogP contribution < -0.4 is 30.9 Å². The molecule has 3 unspecified atom stereocenters. The van der Waals surface area contributed by atoms with Gasteiger partial charge in [0.2, 0.25) is 35.5 Å². The number of β-amino-alcohol motifs (C(OH)–C–C–N with tert-alkyl or cyclic N) is 1. The average Bonchev–Trinajstić information content (AvgIpc) is 3.18. The summed E-state index contributed by atoms with van der Waals surface area (Å²) in [5.74, 6) is -0.381. The van der Waals surface area contributed by atoms with Gasteiger partial charge in [0.05, 0.1) is 52.1 Å². The zero-order chi connectivity index (χ0) is 60.7. The maximum atomic E-state index is 14.1. The third-order valence-corrected chi connectivity index (χ3v) is 16.1. The Morgan fingerprint density at radius 2 is 1.63 bits per heavy atom. The van der Waals surface area contributed by atoms with Crippen molar-refractivity contribution in [1.82, 2.24) is 49.8 Å². The molecule has 7 rings (SSSR count). The molecule has 5 amide bonds. The van der Waals surface area contributed by atoms with Crippen molar-refractivity contribution < 1.29 is 33.8 Å². The number of fused-ring (bicyclic) bond motifs is 1. The van der Waals surface area contributed by atoms with Crippen LogP contribution in [0.5, 0.6) is 5.75 Å². The SMILES string of the molecule is COc1cc(N(C)CCN(C)C)c(NC(=O)C=CCN(C)CCN(C)C(=O)CCCCCCC(=O)NC(C(=O)N2CC(O)CC2C(=O)NCc2ccc(-c3scnc3C)cc2)C(C)(C)C)cc1Nc1nccc(-c2cn(C)c3ccccc23)n1. The van der Waals surface area contributed by atoms with Gasteiger partial charge in [-0.25, -0.2) is 15.0 Å². The van der Waals surface area contributed by atoms with Crippen molar-refractivity contribution in [3.8, 4) is 27.4 Å². The molecule has 1 aliphatic heterocycles. The molecule has 20 nitrogen and oxygen atoms in total.